The number of benzene rings is 5. The van der Waals surface area contributed by atoms with Crippen LogP contribution in [0, 0.1) is 25.2 Å². The molecular weight excluding hydrogens is 608 g/mol. The number of ether oxygens (including phenoxy) is 2. The van der Waals surface area contributed by atoms with Gasteiger partial charge < -0.3 is 9.47 Å². The first-order chi connectivity index (χ1) is 22.9. The highest BCUT2D eigenvalue weighted by Crippen LogP contribution is 2.37. The molecule has 5 aromatic carbocycles. The molecule has 0 spiro atoms. The SMILES string of the molecule is Cc1c(COc2cc(OCc3cncc(C#N)c3)c(C=O)cc2Cl)cccc1-c1cccc(-c2ccc3cc(C=O)ccc3c2)c1C. The van der Waals surface area contributed by atoms with Crippen molar-refractivity contribution in [3.8, 4) is 39.8 Å². The fourth-order valence-corrected chi connectivity index (χ4v) is 5.93. The number of aldehydes is 2. The molecule has 0 aliphatic rings. The molecule has 0 radical (unpaired) electrons. The predicted molar refractivity (Wildman–Crippen MR) is 184 cm³/mol. The van der Waals surface area contributed by atoms with Crippen molar-refractivity contribution < 1.29 is 19.1 Å². The Hall–Kier alpha value is -5.77. The van der Waals surface area contributed by atoms with E-state index in [2.05, 4.69) is 67.4 Å². The van der Waals surface area contributed by atoms with Crippen LogP contribution in [0.15, 0.2) is 103 Å². The summed E-state index contributed by atoms with van der Waals surface area (Å²) in [4.78, 5) is 27.1. The molecule has 47 heavy (non-hydrogen) atoms. The molecule has 7 heteroatoms. The second-order valence-corrected chi connectivity index (χ2v) is 11.6. The number of pyridine rings is 1. The van der Waals surface area contributed by atoms with Gasteiger partial charge in [0, 0.05) is 29.6 Å². The largest absolute Gasteiger partial charge is 0.488 e. The van der Waals surface area contributed by atoms with E-state index in [4.69, 9.17) is 26.3 Å². The maximum atomic E-state index is 11.8. The summed E-state index contributed by atoms with van der Waals surface area (Å²) in [5, 5.41) is 11.5. The Labute approximate surface area is 277 Å². The quantitative estimate of drug-likeness (QED) is 0.139. The van der Waals surface area contributed by atoms with E-state index in [1.807, 2.05) is 30.3 Å². The Morgan fingerprint density at radius 1 is 0.745 bits per heavy atom. The van der Waals surface area contributed by atoms with Gasteiger partial charge in [-0.2, -0.15) is 5.26 Å². The molecule has 6 aromatic rings. The Kier molecular flexibility index (Phi) is 9.10. The van der Waals surface area contributed by atoms with Gasteiger partial charge in [-0.1, -0.05) is 72.3 Å². The fourth-order valence-electron chi connectivity index (χ4n) is 5.70. The first kappa shape index (κ1) is 31.2. The molecule has 1 heterocycles. The van der Waals surface area contributed by atoms with Crippen LogP contribution in [0.2, 0.25) is 5.02 Å². The number of carbonyl (C=O) groups excluding carboxylic acids is 2. The summed E-state index contributed by atoms with van der Waals surface area (Å²) in [6.07, 6.45) is 4.63. The van der Waals surface area contributed by atoms with Crippen molar-refractivity contribution >= 4 is 34.9 Å². The van der Waals surface area contributed by atoms with Crippen LogP contribution in [0.1, 0.15) is 48.5 Å². The van der Waals surface area contributed by atoms with Crippen molar-refractivity contribution in [3.05, 3.63) is 147 Å². The summed E-state index contributed by atoms with van der Waals surface area (Å²) in [5.41, 5.74) is 9.75. The van der Waals surface area contributed by atoms with Crippen molar-refractivity contribution in [2.45, 2.75) is 27.1 Å². The minimum atomic E-state index is 0.115. The maximum absolute atomic E-state index is 11.8. The van der Waals surface area contributed by atoms with Crippen LogP contribution in [0.4, 0.5) is 0 Å². The molecule has 0 amide bonds. The highest BCUT2D eigenvalue weighted by molar-refractivity contribution is 6.32. The van der Waals surface area contributed by atoms with Crippen LogP contribution in [-0.2, 0) is 13.2 Å². The van der Waals surface area contributed by atoms with Crippen molar-refractivity contribution in [2.24, 2.45) is 0 Å². The highest BCUT2D eigenvalue weighted by Gasteiger charge is 2.15. The normalized spacial score (nSPS) is 10.8. The number of fused-ring (bicyclic) bond motifs is 1. The number of halogens is 1. The zero-order chi connectivity index (χ0) is 32.9. The molecule has 0 bridgehead atoms. The van der Waals surface area contributed by atoms with Gasteiger partial charge in [-0.3, -0.25) is 14.6 Å². The molecule has 1 aromatic heterocycles. The smallest absolute Gasteiger partial charge is 0.153 e. The number of carbonyl (C=O) groups is 2. The number of aromatic nitrogens is 1. The van der Waals surface area contributed by atoms with Crippen molar-refractivity contribution in [3.63, 3.8) is 0 Å². The maximum Gasteiger partial charge on any atom is 0.153 e. The van der Waals surface area contributed by atoms with Gasteiger partial charge in [-0.15, -0.1) is 0 Å². The molecule has 230 valence electrons. The Morgan fingerprint density at radius 2 is 1.47 bits per heavy atom. The summed E-state index contributed by atoms with van der Waals surface area (Å²) < 4.78 is 12.1. The van der Waals surface area contributed by atoms with Gasteiger partial charge in [0.2, 0.25) is 0 Å². The van der Waals surface area contributed by atoms with E-state index in [0.717, 1.165) is 56.0 Å². The molecule has 6 nitrogen and oxygen atoms in total. The standard InChI is InChI=1S/C40H29ClN2O4/c1-25-33(24-47-40-17-39(34(22-45)16-38(40)41)46-23-29-13-28(18-42)19-43-20-29)5-3-7-36(25)37-8-4-6-35(26(37)2)32-12-11-30-14-27(21-44)9-10-31(30)15-32/h3-17,19-22H,23-24H2,1-2H3. The average molecular weight is 637 g/mol. The van der Waals surface area contributed by atoms with Crippen LogP contribution in [0.3, 0.4) is 0 Å². The van der Waals surface area contributed by atoms with Gasteiger partial charge in [-0.25, -0.2) is 0 Å². The summed E-state index contributed by atoms with van der Waals surface area (Å²) in [6, 6.07) is 31.4. The summed E-state index contributed by atoms with van der Waals surface area (Å²) >= 11 is 6.52. The van der Waals surface area contributed by atoms with Gasteiger partial charge in [0.05, 0.1) is 16.1 Å². The first-order valence-electron chi connectivity index (χ1n) is 14.9. The summed E-state index contributed by atoms with van der Waals surface area (Å²) in [6.45, 7) is 4.58. The molecule has 0 saturated carbocycles. The van der Waals surface area contributed by atoms with Crippen LogP contribution >= 0.6 is 11.6 Å². The number of nitriles is 1. The molecule has 0 aliphatic heterocycles. The lowest BCUT2D eigenvalue weighted by Gasteiger charge is -2.17. The lowest BCUT2D eigenvalue weighted by atomic mass is 9.89. The van der Waals surface area contributed by atoms with E-state index in [1.54, 1.807) is 18.3 Å². The summed E-state index contributed by atoms with van der Waals surface area (Å²) in [7, 11) is 0. The molecule has 0 fully saturated rings. The number of rotatable bonds is 10. The van der Waals surface area contributed by atoms with Gasteiger partial charge in [0.15, 0.2) is 6.29 Å². The fraction of sp³-hybridized carbons (Fsp3) is 0.100. The molecule has 0 N–H and O–H groups in total. The Bertz CT molecular complexity index is 2200. The molecule has 0 saturated heterocycles. The number of nitrogens with zero attached hydrogens (tertiary/aromatic N) is 2. The number of hydrogen-bond donors (Lipinski definition) is 0. The van der Waals surface area contributed by atoms with E-state index >= 15 is 0 Å². The topological polar surface area (TPSA) is 89.3 Å². The lowest BCUT2D eigenvalue weighted by Crippen LogP contribution is -2.03. The van der Waals surface area contributed by atoms with Gasteiger partial charge in [-0.05, 0) is 87.8 Å². The van der Waals surface area contributed by atoms with Crippen molar-refractivity contribution in [2.75, 3.05) is 0 Å². The average Bonchev–Trinajstić information content (AvgIpc) is 3.10. The van der Waals surface area contributed by atoms with Crippen molar-refractivity contribution in [1.29, 1.82) is 5.26 Å². The van der Waals surface area contributed by atoms with E-state index in [1.165, 1.54) is 12.3 Å². The predicted octanol–water partition coefficient (Wildman–Crippen LogP) is 9.49. The van der Waals surface area contributed by atoms with E-state index in [-0.39, 0.29) is 18.8 Å². The number of hydrogen-bond acceptors (Lipinski definition) is 6. The first-order valence-corrected chi connectivity index (χ1v) is 15.3. The highest BCUT2D eigenvalue weighted by atomic mass is 35.5. The second-order valence-electron chi connectivity index (χ2n) is 11.2. The van der Waals surface area contributed by atoms with Gasteiger partial charge in [0.25, 0.3) is 0 Å². The molecule has 0 atom stereocenters. The van der Waals surface area contributed by atoms with Crippen LogP contribution < -0.4 is 9.47 Å². The second kappa shape index (κ2) is 13.7. The zero-order valence-corrected chi connectivity index (χ0v) is 26.5. The van der Waals surface area contributed by atoms with Crippen LogP contribution in [-0.4, -0.2) is 17.6 Å². The van der Waals surface area contributed by atoms with E-state index in [0.29, 0.717) is 39.5 Å². The lowest BCUT2D eigenvalue weighted by molar-refractivity contribution is 0.111. The van der Waals surface area contributed by atoms with E-state index in [9.17, 15) is 9.59 Å². The third-order valence-electron chi connectivity index (χ3n) is 8.27. The molecule has 0 unspecified atom stereocenters. The molecule has 0 aliphatic carbocycles. The van der Waals surface area contributed by atoms with Crippen LogP contribution in [0.5, 0.6) is 11.5 Å². The summed E-state index contributed by atoms with van der Waals surface area (Å²) in [5.74, 6) is 0.702. The minimum Gasteiger partial charge on any atom is -0.488 e. The molecular formula is C40H29ClN2O4. The third kappa shape index (κ3) is 6.62. The van der Waals surface area contributed by atoms with Gasteiger partial charge >= 0.3 is 0 Å². The molecule has 6 rings (SSSR count). The Balaban J connectivity index is 1.25. The minimum absolute atomic E-state index is 0.115. The Morgan fingerprint density at radius 3 is 2.26 bits per heavy atom. The third-order valence-corrected chi connectivity index (χ3v) is 8.57. The zero-order valence-electron chi connectivity index (χ0n) is 25.8. The van der Waals surface area contributed by atoms with Gasteiger partial charge in [0.1, 0.15) is 37.1 Å². The monoisotopic (exact) mass is 636 g/mol. The van der Waals surface area contributed by atoms with E-state index < -0.39 is 0 Å². The van der Waals surface area contributed by atoms with Crippen molar-refractivity contribution in [1.82, 2.24) is 4.98 Å². The van der Waals surface area contributed by atoms with Crippen LogP contribution in [0.25, 0.3) is 33.0 Å².